The molecule has 1 N–H and O–H groups in total. The van der Waals surface area contributed by atoms with Gasteiger partial charge in [-0.15, -0.1) is 11.3 Å². The monoisotopic (exact) mass is 283 g/mol. The van der Waals surface area contributed by atoms with Gasteiger partial charge in [0.05, 0.1) is 22.8 Å². The van der Waals surface area contributed by atoms with Gasteiger partial charge in [0.25, 0.3) is 0 Å². The first-order valence-corrected chi connectivity index (χ1v) is 7.69. The topological polar surface area (TPSA) is 37.8 Å². The molecule has 4 heteroatoms. The predicted molar refractivity (Wildman–Crippen MR) is 85.2 cm³/mol. The van der Waals surface area contributed by atoms with E-state index in [-0.39, 0.29) is 0 Å². The van der Waals surface area contributed by atoms with Crippen molar-refractivity contribution < 1.29 is 0 Å². The number of para-hydroxylation sites is 2. The van der Waals surface area contributed by atoms with E-state index < -0.39 is 0 Å². The molecule has 0 aliphatic rings. The highest BCUT2D eigenvalue weighted by atomic mass is 32.1. The van der Waals surface area contributed by atoms with Crippen LogP contribution in [0.3, 0.4) is 0 Å². The maximum absolute atomic E-state index is 4.70. The Balaban J connectivity index is 1.95. The molecule has 3 nitrogen and oxygen atoms in total. The first-order valence-electron chi connectivity index (χ1n) is 6.81. The van der Waals surface area contributed by atoms with E-state index in [9.17, 15) is 0 Å². The minimum atomic E-state index is 0.296. The average molecular weight is 283 g/mol. The summed E-state index contributed by atoms with van der Waals surface area (Å²) in [6.45, 7) is 4.18. The lowest BCUT2D eigenvalue weighted by molar-refractivity contribution is 0.757. The van der Waals surface area contributed by atoms with Crippen molar-refractivity contribution in [1.29, 1.82) is 0 Å². The third kappa shape index (κ3) is 2.51. The normalized spacial score (nSPS) is 12.5. The summed E-state index contributed by atoms with van der Waals surface area (Å²) >= 11 is 1.77. The van der Waals surface area contributed by atoms with E-state index in [1.54, 1.807) is 11.3 Å². The van der Waals surface area contributed by atoms with Crippen molar-refractivity contribution in [2.24, 2.45) is 0 Å². The lowest BCUT2D eigenvalue weighted by Crippen LogP contribution is -2.11. The van der Waals surface area contributed by atoms with Gasteiger partial charge in [-0.3, -0.25) is 0 Å². The Labute approximate surface area is 122 Å². The molecule has 2 aromatic heterocycles. The van der Waals surface area contributed by atoms with Gasteiger partial charge in [0.15, 0.2) is 0 Å². The van der Waals surface area contributed by atoms with E-state index >= 15 is 0 Å². The highest BCUT2D eigenvalue weighted by Gasteiger charge is 2.13. The summed E-state index contributed by atoms with van der Waals surface area (Å²) in [6, 6.07) is 12.5. The van der Waals surface area contributed by atoms with E-state index in [0.717, 1.165) is 29.0 Å². The quantitative estimate of drug-likeness (QED) is 0.762. The zero-order chi connectivity index (χ0) is 13.9. The predicted octanol–water partition coefficient (Wildman–Crippen LogP) is 4.56. The highest BCUT2D eigenvalue weighted by molar-refractivity contribution is 7.10. The zero-order valence-corrected chi connectivity index (χ0v) is 12.4. The van der Waals surface area contributed by atoms with Crippen molar-refractivity contribution in [1.82, 2.24) is 9.97 Å². The molecular formula is C16H17N3S. The van der Waals surface area contributed by atoms with Crippen LogP contribution < -0.4 is 5.32 Å². The fourth-order valence-corrected chi connectivity index (χ4v) is 3.12. The largest absolute Gasteiger partial charge is 0.361 e. The maximum atomic E-state index is 4.70. The van der Waals surface area contributed by atoms with Gasteiger partial charge in [-0.1, -0.05) is 25.1 Å². The minimum Gasteiger partial charge on any atom is -0.361 e. The van der Waals surface area contributed by atoms with Crippen LogP contribution in [-0.4, -0.2) is 9.97 Å². The zero-order valence-electron chi connectivity index (χ0n) is 11.6. The number of fused-ring (bicyclic) bond motifs is 1. The van der Waals surface area contributed by atoms with Crippen LogP contribution in [0.1, 0.15) is 30.0 Å². The summed E-state index contributed by atoms with van der Waals surface area (Å²) in [5, 5.41) is 5.64. The van der Waals surface area contributed by atoms with Crippen molar-refractivity contribution in [3.05, 3.63) is 52.3 Å². The van der Waals surface area contributed by atoms with Crippen molar-refractivity contribution in [3.8, 4) is 0 Å². The third-order valence-corrected chi connectivity index (χ3v) is 4.34. The molecule has 3 rings (SSSR count). The molecular weight excluding hydrogens is 266 g/mol. The number of nitrogens with zero attached hydrogens (tertiary/aromatic N) is 2. The van der Waals surface area contributed by atoms with Crippen LogP contribution in [-0.2, 0) is 0 Å². The number of nitrogens with one attached hydrogen (secondary N) is 1. The Hall–Kier alpha value is -1.94. The molecule has 1 aromatic carbocycles. The van der Waals surface area contributed by atoms with Crippen molar-refractivity contribution in [3.63, 3.8) is 0 Å². The van der Waals surface area contributed by atoms with Gasteiger partial charge >= 0.3 is 0 Å². The number of aryl methyl sites for hydroxylation is 1. The molecule has 0 amide bonds. The molecule has 1 atom stereocenters. The Morgan fingerprint density at radius 1 is 1.10 bits per heavy atom. The summed E-state index contributed by atoms with van der Waals surface area (Å²) < 4.78 is 0. The molecule has 1 unspecified atom stereocenters. The first-order chi connectivity index (χ1) is 9.78. The fourth-order valence-electron chi connectivity index (χ4n) is 2.25. The number of aromatic nitrogens is 2. The molecule has 0 radical (unpaired) electrons. The van der Waals surface area contributed by atoms with E-state index in [4.69, 9.17) is 4.98 Å². The molecule has 0 bridgehead atoms. The lowest BCUT2D eigenvalue weighted by atomic mass is 10.2. The molecule has 2 heterocycles. The van der Waals surface area contributed by atoms with Crippen LogP contribution in [0.25, 0.3) is 11.0 Å². The second kappa shape index (κ2) is 5.59. The van der Waals surface area contributed by atoms with Gasteiger partial charge in [-0.25, -0.2) is 9.97 Å². The Morgan fingerprint density at radius 2 is 1.85 bits per heavy atom. The van der Waals surface area contributed by atoms with Gasteiger partial charge in [0.1, 0.15) is 5.82 Å². The number of rotatable bonds is 4. The van der Waals surface area contributed by atoms with Crippen molar-refractivity contribution >= 4 is 28.2 Å². The van der Waals surface area contributed by atoms with Crippen LogP contribution >= 0.6 is 11.3 Å². The van der Waals surface area contributed by atoms with Crippen molar-refractivity contribution in [2.45, 2.75) is 26.3 Å². The Morgan fingerprint density at radius 3 is 2.50 bits per heavy atom. The molecule has 0 saturated heterocycles. The third-order valence-electron chi connectivity index (χ3n) is 3.35. The fraction of sp³-hybridized carbons (Fsp3) is 0.250. The van der Waals surface area contributed by atoms with Crippen LogP contribution in [0.5, 0.6) is 0 Å². The van der Waals surface area contributed by atoms with Gasteiger partial charge in [0, 0.05) is 4.88 Å². The van der Waals surface area contributed by atoms with Crippen LogP contribution in [0.4, 0.5) is 5.82 Å². The summed E-state index contributed by atoms with van der Waals surface area (Å²) in [4.78, 5) is 10.7. The molecule has 0 aliphatic heterocycles. The molecule has 0 aliphatic carbocycles. The molecule has 3 aromatic rings. The smallest absolute Gasteiger partial charge is 0.148 e. The van der Waals surface area contributed by atoms with Gasteiger partial charge in [-0.2, -0.15) is 0 Å². The van der Waals surface area contributed by atoms with E-state index in [2.05, 4.69) is 34.7 Å². The van der Waals surface area contributed by atoms with E-state index in [0.29, 0.717) is 6.04 Å². The number of hydrogen-bond donors (Lipinski definition) is 1. The number of hydrogen-bond acceptors (Lipinski definition) is 4. The summed E-state index contributed by atoms with van der Waals surface area (Å²) in [6.07, 6.45) is 1.02. The molecule has 0 spiro atoms. The molecule has 102 valence electrons. The first kappa shape index (κ1) is 13.1. The standard InChI is InChI=1S/C16H17N3S/c1-3-12(15-9-6-10-20-15)18-16-11(2)17-13-7-4-5-8-14(13)19-16/h4-10,12H,3H2,1-2H3,(H,18,19). The number of anilines is 1. The second-order valence-electron chi connectivity index (χ2n) is 4.77. The number of benzene rings is 1. The summed E-state index contributed by atoms with van der Waals surface area (Å²) in [5.74, 6) is 0.879. The summed E-state index contributed by atoms with van der Waals surface area (Å²) in [7, 11) is 0. The Kier molecular flexibility index (Phi) is 3.65. The minimum absolute atomic E-state index is 0.296. The second-order valence-corrected chi connectivity index (χ2v) is 5.75. The van der Waals surface area contributed by atoms with Gasteiger partial charge in [0.2, 0.25) is 0 Å². The summed E-state index contributed by atoms with van der Waals surface area (Å²) in [5.41, 5.74) is 2.82. The lowest BCUT2D eigenvalue weighted by Gasteiger charge is -2.17. The van der Waals surface area contributed by atoms with Gasteiger partial charge in [-0.05, 0) is 36.9 Å². The van der Waals surface area contributed by atoms with E-state index in [1.165, 1.54) is 4.88 Å². The molecule has 20 heavy (non-hydrogen) atoms. The molecule has 0 saturated carbocycles. The number of thiophene rings is 1. The van der Waals surface area contributed by atoms with Gasteiger partial charge < -0.3 is 5.32 Å². The van der Waals surface area contributed by atoms with E-state index in [1.807, 2.05) is 31.2 Å². The SMILES string of the molecule is CCC(Nc1nc2ccccc2nc1C)c1cccs1. The maximum Gasteiger partial charge on any atom is 0.148 e. The van der Waals surface area contributed by atoms with Crippen LogP contribution in [0.15, 0.2) is 41.8 Å². The van der Waals surface area contributed by atoms with Crippen molar-refractivity contribution in [2.75, 3.05) is 5.32 Å². The average Bonchev–Trinajstić information content (AvgIpc) is 2.99. The molecule has 0 fully saturated rings. The van der Waals surface area contributed by atoms with Crippen LogP contribution in [0, 0.1) is 6.92 Å². The highest BCUT2D eigenvalue weighted by Crippen LogP contribution is 2.27. The van der Waals surface area contributed by atoms with Crippen LogP contribution in [0.2, 0.25) is 0 Å². The Bertz CT molecular complexity index is 707.